The van der Waals surface area contributed by atoms with Gasteiger partial charge >= 0.3 is 157 Å². The monoisotopic (exact) mass is 2800 g/mol. The first kappa shape index (κ1) is 205. The fourth-order valence-corrected chi connectivity index (χ4v) is 0. The summed E-state index contributed by atoms with van der Waals surface area (Å²) in [5.74, 6) is 0. The predicted molar refractivity (Wildman–Crippen MR) is 294 cm³/mol. The Morgan fingerprint density at radius 2 is 0.0660 bits per heavy atom. The van der Waals surface area contributed by atoms with Gasteiger partial charge in [0.25, 0.3) is 0 Å². The smallest absolute Gasteiger partial charge is 0.356 e. The zero-order chi connectivity index (χ0) is 89.4. The summed E-state index contributed by atoms with van der Waals surface area (Å²) in [6, 6.07) is 0. The fourth-order valence-electron chi connectivity index (χ4n) is 0. The first-order valence-corrected chi connectivity index (χ1v) is 13.7. The van der Waals surface area contributed by atoms with Crippen LogP contribution >= 0.6 is 0 Å². The Balaban J connectivity index is -0.0000000190. The largest absolute Gasteiger partial charge is 3.00 e. The Hall–Kier alpha value is -14.7. The van der Waals surface area contributed by atoms with Crippen LogP contribution in [-0.4, -0.2) is 284 Å². The summed E-state index contributed by atoms with van der Waals surface area (Å²) in [6.45, 7) is 0. The van der Waals surface area contributed by atoms with E-state index >= 15 is 0 Å². The number of hydrogen-bond donors (Lipinski definition) is 0. The van der Waals surface area contributed by atoms with Crippen LogP contribution in [0.2, 0.25) is 0 Å². The van der Waals surface area contributed by atoms with Gasteiger partial charge in [0.2, 0.25) is 0 Å². The van der Waals surface area contributed by atoms with Gasteiger partial charge in [0, 0.05) is 0 Å². The third-order valence-electron chi connectivity index (χ3n) is 0. The van der Waals surface area contributed by atoms with E-state index in [4.69, 9.17) is 383 Å². The van der Waals surface area contributed by atoms with Crippen molar-refractivity contribution in [3.63, 3.8) is 0 Å². The summed E-state index contributed by atoms with van der Waals surface area (Å²) in [5.41, 5.74) is 0. The van der Waals surface area contributed by atoms with Crippen LogP contribution in [0.5, 0.6) is 0 Å². The number of hydrogen-bond acceptors (Lipinski definition) is 75. The fraction of sp³-hybridized carbons (Fsp3) is 0. The number of nitrogens with zero attached hydrogens (tertiary/aromatic N) is 25. The Morgan fingerprint density at radius 3 is 0.0660 bits per heavy atom. The van der Waals surface area contributed by atoms with Crippen molar-refractivity contribution in [2.45, 2.75) is 0 Å². The summed E-state index contributed by atoms with van der Waals surface area (Å²) in [7, 11) is 0. The maximum atomic E-state index is 8.25. The quantitative estimate of drug-likeness (QED) is 0.123. The summed E-state index contributed by atoms with van der Waals surface area (Å²) >= 11 is 0. The van der Waals surface area contributed by atoms with E-state index in [1.807, 2.05) is 0 Å². The van der Waals surface area contributed by atoms with Crippen LogP contribution in [0.4, 0.5) is 0 Å². The van der Waals surface area contributed by atoms with Gasteiger partial charge in [-0.25, -0.2) is 0 Å². The van der Waals surface area contributed by atoms with Gasteiger partial charge < -0.3 is 383 Å². The second-order valence-electron chi connectivity index (χ2n) is 5.59. The minimum Gasteiger partial charge on any atom is -0.356 e. The third kappa shape index (κ3) is 3220. The van der Waals surface area contributed by atoms with Crippen molar-refractivity contribution in [1.82, 2.24) is 0 Å². The zero-order valence-electron chi connectivity index (χ0n) is 44.5. The van der Waals surface area contributed by atoms with Gasteiger partial charge in [0.1, 0.15) is 0 Å². The van der Waals surface area contributed by atoms with Crippen molar-refractivity contribution in [2.24, 2.45) is 0 Å². The first-order chi connectivity index (χ1) is 43.3. The van der Waals surface area contributed by atoms with Crippen molar-refractivity contribution >= 4 is 157 Å². The summed E-state index contributed by atoms with van der Waals surface area (Å²) < 4.78 is 0. The predicted octanol–water partition coefficient (Wildman–Crippen LogP) is -8.26. The minimum absolute atomic E-state index is 0. The second kappa shape index (κ2) is 198. The average Bonchev–Trinajstić information content (AvgIpc) is 3.15. The molecule has 106 heavy (non-hydrogen) atoms. The molecule has 100 nitrogen and oxygen atoms in total. The van der Waals surface area contributed by atoms with Crippen molar-refractivity contribution < 1.29 is 127 Å². The molecule has 0 unspecified atom stereocenters. The molecule has 0 aromatic carbocycles. The van der Waals surface area contributed by atoms with E-state index in [2.05, 4.69) is 0 Å². The van der Waals surface area contributed by atoms with E-state index in [0.29, 0.717) is 0 Å². The zero-order valence-corrected chi connectivity index (χ0v) is 65.3. The van der Waals surface area contributed by atoms with Crippen LogP contribution in [0.3, 0.4) is 0 Å². The summed E-state index contributed by atoms with van der Waals surface area (Å²) in [6.07, 6.45) is 0. The molecular formula is Bi6N25O75-7. The standard InChI is InChI=1S/6Bi.25NO3/c;;;;;;25*2-1(3)4/q6*+3;25*-1. The van der Waals surface area contributed by atoms with E-state index < -0.39 is 127 Å². The van der Waals surface area contributed by atoms with Gasteiger partial charge in [-0.15, -0.1) is 0 Å². The van der Waals surface area contributed by atoms with E-state index in [-0.39, 0.29) is 157 Å². The Labute approximate surface area is 663 Å². The molecule has 0 N–H and O–H groups in total. The molecule has 0 heterocycles. The third-order valence-corrected chi connectivity index (χ3v) is 0. The molecule has 0 saturated carbocycles. The SMILES string of the molecule is O=[N+]([O-])[O-].O=[N+]([O-])[O-].O=[N+]([O-])[O-].O=[N+]([O-])[O-].O=[N+]([O-])[O-].O=[N+]([O-])[O-].O=[N+]([O-])[O-].O=[N+]([O-])[O-].O=[N+]([O-])[O-].O=[N+]([O-])[O-].O=[N+]([O-])[O-].O=[N+]([O-])[O-].O=[N+]([O-])[O-].O=[N+]([O-])[O-].O=[N+]([O-])[O-].O=[N+]([O-])[O-].O=[N+]([O-])[O-].O=[N+]([O-])[O-].O=[N+]([O-])[O-].O=[N+]([O-])[O-].O=[N+]([O-])[O-].O=[N+]([O-])[O-].O=[N+]([O-])[O-].O=[N+]([O-])[O-].O=[N+]([O-])[O-].[Bi+3].[Bi+3].[Bi+3].[Bi+3].[Bi+3].[Bi+3]. The summed E-state index contributed by atoms with van der Waals surface area (Å²) in [5, 5.41) is 369. The molecule has 0 rings (SSSR count). The molecule has 0 fully saturated rings. The van der Waals surface area contributed by atoms with E-state index in [0.717, 1.165) is 0 Å². The maximum absolute atomic E-state index is 8.25. The van der Waals surface area contributed by atoms with Gasteiger partial charge in [-0.05, 0) is 0 Å². The average molecular weight is 2800 g/mol. The Morgan fingerprint density at radius 1 is 0.0660 bits per heavy atom. The molecule has 0 aromatic heterocycles. The molecular weight excluding hydrogens is 2800 g/mol. The molecule has 612 valence electrons. The van der Waals surface area contributed by atoms with Crippen LogP contribution < -0.4 is 0 Å². The van der Waals surface area contributed by atoms with Gasteiger partial charge in [0.15, 0.2) is 0 Å². The molecule has 0 saturated heterocycles. The topological polar surface area (TPSA) is 1650 Å². The van der Waals surface area contributed by atoms with Crippen molar-refractivity contribution in [1.29, 1.82) is 0 Å². The molecule has 0 aliphatic rings. The molecule has 12 radical (unpaired) electrons. The Kier molecular flexibility index (Phi) is 383. The molecule has 106 heteroatoms. The molecule has 0 spiro atoms. The Bertz CT molecular complexity index is 1390. The van der Waals surface area contributed by atoms with Gasteiger partial charge in [-0.2, -0.15) is 0 Å². The van der Waals surface area contributed by atoms with Crippen LogP contribution in [0.1, 0.15) is 0 Å². The van der Waals surface area contributed by atoms with Gasteiger partial charge in [-0.3, -0.25) is 0 Å². The summed E-state index contributed by atoms with van der Waals surface area (Å²) in [4.78, 5) is 206. The molecule has 0 atom stereocenters. The molecule has 0 aliphatic heterocycles. The van der Waals surface area contributed by atoms with Gasteiger partial charge in [-0.1, -0.05) is 0 Å². The van der Waals surface area contributed by atoms with E-state index in [1.54, 1.807) is 0 Å². The van der Waals surface area contributed by atoms with Crippen LogP contribution in [-0.2, 0) is 0 Å². The van der Waals surface area contributed by atoms with Crippen LogP contribution in [0.25, 0.3) is 0 Å². The van der Waals surface area contributed by atoms with Crippen LogP contribution in [0.15, 0.2) is 0 Å². The molecule has 0 aliphatic carbocycles. The van der Waals surface area contributed by atoms with E-state index in [1.165, 1.54) is 0 Å². The van der Waals surface area contributed by atoms with Crippen molar-refractivity contribution in [3.05, 3.63) is 383 Å². The minimum atomic E-state index is -1.75. The number of rotatable bonds is 0. The van der Waals surface area contributed by atoms with Crippen molar-refractivity contribution in [3.8, 4) is 0 Å². The molecule has 0 aromatic rings. The first-order valence-electron chi connectivity index (χ1n) is 13.7. The maximum Gasteiger partial charge on any atom is 3.00 e. The normalized spacial score (nSPS) is 5.66. The molecule has 0 amide bonds. The second-order valence-corrected chi connectivity index (χ2v) is 5.59. The van der Waals surface area contributed by atoms with Crippen molar-refractivity contribution in [2.75, 3.05) is 0 Å². The molecule has 0 bridgehead atoms. The van der Waals surface area contributed by atoms with E-state index in [9.17, 15) is 0 Å². The van der Waals surface area contributed by atoms with Gasteiger partial charge in [0.05, 0.1) is 127 Å². The van der Waals surface area contributed by atoms with Crippen LogP contribution in [0, 0.1) is 383 Å².